The maximum absolute atomic E-state index is 13.1. The van der Waals surface area contributed by atoms with E-state index in [2.05, 4.69) is 35.5 Å². The number of amides is 1. The Hall–Kier alpha value is -1.42. The fourth-order valence-electron chi connectivity index (χ4n) is 9.45. The molecule has 13 heteroatoms. The third kappa shape index (κ3) is 39.1. The molecule has 1 rings (SSSR count). The van der Waals surface area contributed by atoms with E-state index in [0.717, 1.165) is 38.5 Å². The molecule has 0 aliphatic carbocycles. The summed E-state index contributed by atoms with van der Waals surface area (Å²) in [5, 5.41) is 44.8. The summed E-state index contributed by atoms with van der Waals surface area (Å²) in [4.78, 5) is 13.1. The predicted octanol–water partition coefficient (Wildman–Crippen LogP) is 13.6. The molecule has 7 unspecified atom stereocenters. The van der Waals surface area contributed by atoms with Crippen molar-refractivity contribution in [2.75, 3.05) is 13.2 Å². The number of ether oxygens (including phenoxy) is 2. The molecule has 0 bridgehead atoms. The largest absolute Gasteiger partial charge is 0.397 e. The minimum atomic E-state index is -5.08. The molecule has 0 aromatic carbocycles. The highest BCUT2D eigenvalue weighted by molar-refractivity contribution is 7.80. The Morgan fingerprint density at radius 3 is 1.29 bits per heavy atom. The molecule has 12 nitrogen and oxygen atoms in total. The van der Waals surface area contributed by atoms with Crippen LogP contribution in [0.2, 0.25) is 0 Å². The van der Waals surface area contributed by atoms with Crippen LogP contribution in [-0.2, 0) is 28.9 Å². The summed E-state index contributed by atoms with van der Waals surface area (Å²) in [6, 6.07) is -0.940. The van der Waals surface area contributed by atoms with E-state index in [-0.39, 0.29) is 18.9 Å². The van der Waals surface area contributed by atoms with Crippen LogP contribution in [0.25, 0.3) is 0 Å². The van der Waals surface area contributed by atoms with Crippen molar-refractivity contribution in [3.05, 3.63) is 24.3 Å². The van der Waals surface area contributed by atoms with Crippen LogP contribution in [0.1, 0.15) is 277 Å². The van der Waals surface area contributed by atoms with Crippen LogP contribution in [0.5, 0.6) is 0 Å². The molecule has 1 aliphatic rings. The van der Waals surface area contributed by atoms with E-state index in [1.165, 1.54) is 212 Å². The lowest BCUT2D eigenvalue weighted by Gasteiger charge is -2.41. The van der Waals surface area contributed by atoms with Crippen LogP contribution < -0.4 is 5.32 Å². The Morgan fingerprint density at radius 1 is 0.557 bits per heavy atom. The van der Waals surface area contributed by atoms with Crippen LogP contribution >= 0.6 is 0 Å². The normalized spacial score (nSPS) is 19.7. The van der Waals surface area contributed by atoms with Crippen LogP contribution in [0.4, 0.5) is 0 Å². The summed E-state index contributed by atoms with van der Waals surface area (Å²) in [6.07, 6.45) is 49.8. The number of carbonyl (C=O) groups is 1. The quantitative estimate of drug-likeness (QED) is 0.0193. The summed E-state index contributed by atoms with van der Waals surface area (Å²) in [6.45, 7) is 3.39. The number of allylic oxidation sites excluding steroid dienone is 3. The van der Waals surface area contributed by atoms with Gasteiger partial charge in [-0.05, 0) is 44.9 Å². The van der Waals surface area contributed by atoms with Gasteiger partial charge in [-0.1, -0.05) is 250 Å². The predicted molar refractivity (Wildman–Crippen MR) is 287 cm³/mol. The monoisotopic (exact) mass is 1020 g/mol. The van der Waals surface area contributed by atoms with Gasteiger partial charge in [0, 0.05) is 6.42 Å². The van der Waals surface area contributed by atoms with Crippen molar-refractivity contribution in [1.29, 1.82) is 0 Å². The molecule has 70 heavy (non-hydrogen) atoms. The number of hydrogen-bond acceptors (Lipinski definition) is 10. The number of hydrogen-bond donors (Lipinski definition) is 6. The van der Waals surface area contributed by atoms with Crippen LogP contribution in [-0.4, -0.2) is 95.4 Å². The smallest absolute Gasteiger partial charge is 0.394 e. The minimum Gasteiger partial charge on any atom is -0.394 e. The van der Waals surface area contributed by atoms with Gasteiger partial charge in [0.1, 0.15) is 24.4 Å². The van der Waals surface area contributed by atoms with Crippen molar-refractivity contribution < 1.29 is 51.8 Å². The molecule has 1 saturated heterocycles. The summed E-state index contributed by atoms with van der Waals surface area (Å²) in [5.74, 6) is -0.260. The van der Waals surface area contributed by atoms with Gasteiger partial charge < -0.3 is 35.2 Å². The molecule has 1 fully saturated rings. The third-order valence-corrected chi connectivity index (χ3v) is 14.4. The maximum Gasteiger partial charge on any atom is 0.397 e. The number of aliphatic hydroxyl groups is 4. The van der Waals surface area contributed by atoms with E-state index >= 15 is 0 Å². The molecule has 414 valence electrons. The Bertz CT molecular complexity index is 1330. The van der Waals surface area contributed by atoms with Gasteiger partial charge in [-0.2, -0.15) is 8.42 Å². The standard InChI is InChI=1S/C57H109NO11S/c1-3-5-7-9-11-13-15-16-17-18-19-20-21-22-23-24-25-26-27-28-29-30-31-32-33-34-35-36-37-39-41-43-45-47-53(61)58-50(51(60)46-44-42-40-38-14-12-10-8-6-4-2)49-67-57-55(63)56(69-70(64,65)66)54(62)52(48-59)68-57/h22-23,44,46,50-52,54-57,59-60,62-63H,3-21,24-43,45,47-49H2,1-2H3,(H,58,61)(H,64,65,66)/b23-22-,46-44+. The van der Waals surface area contributed by atoms with Crippen molar-refractivity contribution in [3.63, 3.8) is 0 Å². The molecule has 0 radical (unpaired) electrons. The maximum atomic E-state index is 13.1. The van der Waals surface area contributed by atoms with Crippen LogP contribution in [0.15, 0.2) is 24.3 Å². The lowest BCUT2D eigenvalue weighted by molar-refractivity contribution is -0.298. The third-order valence-electron chi connectivity index (χ3n) is 14.0. The zero-order valence-electron chi connectivity index (χ0n) is 44.9. The fraction of sp³-hybridized carbons (Fsp3) is 0.912. The fourth-order valence-corrected chi connectivity index (χ4v) is 9.96. The number of rotatable bonds is 51. The first-order valence-corrected chi connectivity index (χ1v) is 30.6. The Labute approximate surface area is 429 Å². The zero-order valence-corrected chi connectivity index (χ0v) is 45.7. The number of unbranched alkanes of at least 4 members (excludes halogenated alkanes) is 37. The summed E-state index contributed by atoms with van der Waals surface area (Å²) < 4.78 is 47.7. The highest BCUT2D eigenvalue weighted by atomic mass is 32.3. The highest BCUT2D eigenvalue weighted by Gasteiger charge is 2.48. The van der Waals surface area contributed by atoms with Gasteiger partial charge in [-0.3, -0.25) is 9.35 Å². The second-order valence-electron chi connectivity index (χ2n) is 20.6. The molecular formula is C57H109NO11S. The topological polar surface area (TPSA) is 192 Å². The van der Waals surface area contributed by atoms with Gasteiger partial charge in [0.25, 0.3) is 0 Å². The van der Waals surface area contributed by atoms with Crippen molar-refractivity contribution in [1.82, 2.24) is 5.32 Å². The molecule has 1 amide bonds. The number of aliphatic hydroxyl groups excluding tert-OH is 4. The van der Waals surface area contributed by atoms with Gasteiger partial charge >= 0.3 is 10.4 Å². The molecule has 0 saturated carbocycles. The van der Waals surface area contributed by atoms with Crippen LogP contribution in [0.3, 0.4) is 0 Å². The SMILES string of the molecule is CCCCCCCCCC/C=C/C(O)C(COC1OC(CO)C(O)C(OS(=O)(=O)O)C1O)NC(=O)CCCCCCCCCCCCCCCCCCC/C=C\CCCCCCCCCCCCCC. The molecular weight excluding hydrogens is 907 g/mol. The van der Waals surface area contributed by atoms with Crippen LogP contribution in [0, 0.1) is 0 Å². The first kappa shape index (κ1) is 66.6. The van der Waals surface area contributed by atoms with E-state index in [9.17, 15) is 38.2 Å². The summed E-state index contributed by atoms with van der Waals surface area (Å²) >= 11 is 0. The average Bonchev–Trinajstić information content (AvgIpc) is 3.33. The molecule has 0 aromatic rings. The molecule has 0 aromatic heterocycles. The van der Waals surface area contributed by atoms with Crippen molar-refractivity contribution in [3.8, 4) is 0 Å². The second kappa shape index (κ2) is 47.3. The summed E-state index contributed by atoms with van der Waals surface area (Å²) in [5.41, 5.74) is 0. The van der Waals surface area contributed by atoms with Gasteiger partial charge in [-0.25, -0.2) is 4.18 Å². The van der Waals surface area contributed by atoms with Gasteiger partial charge in [-0.15, -0.1) is 0 Å². The molecule has 1 aliphatic heterocycles. The average molecular weight is 1020 g/mol. The van der Waals surface area contributed by atoms with Crippen molar-refractivity contribution >= 4 is 16.3 Å². The molecule has 1 heterocycles. The summed E-state index contributed by atoms with van der Waals surface area (Å²) in [7, 11) is -5.08. The van der Waals surface area contributed by atoms with Gasteiger partial charge in [0.15, 0.2) is 6.29 Å². The van der Waals surface area contributed by atoms with E-state index in [0.29, 0.717) is 6.42 Å². The first-order chi connectivity index (χ1) is 34.0. The van der Waals surface area contributed by atoms with Crippen molar-refractivity contribution in [2.45, 2.75) is 320 Å². The van der Waals surface area contributed by atoms with E-state index in [1.807, 2.05) is 6.08 Å². The highest BCUT2D eigenvalue weighted by Crippen LogP contribution is 2.26. The van der Waals surface area contributed by atoms with Gasteiger partial charge in [0.2, 0.25) is 5.91 Å². The number of nitrogens with one attached hydrogen (secondary N) is 1. The first-order valence-electron chi connectivity index (χ1n) is 29.2. The van der Waals surface area contributed by atoms with E-state index in [4.69, 9.17) is 9.47 Å². The van der Waals surface area contributed by atoms with Crippen molar-refractivity contribution in [2.24, 2.45) is 0 Å². The number of carbonyl (C=O) groups excluding carboxylic acids is 1. The zero-order chi connectivity index (χ0) is 51.2. The minimum absolute atomic E-state index is 0.260. The van der Waals surface area contributed by atoms with E-state index in [1.54, 1.807) is 6.08 Å². The lowest BCUT2D eigenvalue weighted by atomic mass is 9.99. The second-order valence-corrected chi connectivity index (χ2v) is 21.6. The van der Waals surface area contributed by atoms with E-state index < -0.39 is 59.9 Å². The Balaban J connectivity index is 2.18. The Kier molecular flexibility index (Phi) is 45.0. The van der Waals surface area contributed by atoms with Gasteiger partial charge in [0.05, 0.1) is 25.4 Å². The lowest BCUT2D eigenvalue weighted by Crippen LogP contribution is -2.61. The Morgan fingerprint density at radius 2 is 0.914 bits per heavy atom. The molecule has 6 N–H and O–H groups in total. The molecule has 7 atom stereocenters. The molecule has 0 spiro atoms.